The highest BCUT2D eigenvalue weighted by atomic mass is 32.2. The Labute approximate surface area is 284 Å². The molecule has 2 bridgehead atoms. The maximum atomic E-state index is 16.8. The number of aromatic hydroxyl groups is 1. The highest BCUT2D eigenvalue weighted by Crippen LogP contribution is 2.42. The van der Waals surface area contributed by atoms with Crippen LogP contribution in [0.2, 0.25) is 0 Å². The number of rotatable bonds is 7. The van der Waals surface area contributed by atoms with E-state index in [1.165, 1.54) is 12.1 Å². The lowest BCUT2D eigenvalue weighted by molar-refractivity contribution is -0.136. The Hall–Kier alpha value is -4.56. The van der Waals surface area contributed by atoms with Gasteiger partial charge in [0.15, 0.2) is 5.82 Å². The number of likely N-dealkylation sites (N-methyl/N-ethyl adjacent to an activating group) is 1. The number of hydrogen-bond donors (Lipinski definition) is 2. The van der Waals surface area contributed by atoms with Gasteiger partial charge in [-0.05, 0) is 73.8 Å². The van der Waals surface area contributed by atoms with Crippen molar-refractivity contribution in [2.24, 2.45) is 0 Å². The SMILES string of the molecule is CN1CCC[C@H]1COc1nc(N2C[C@H]3CC[C@@H](C2)N3C(=O)CC2SC(=O)NC2=O)c2cc(F)c(-c3cc(O)cc4ccccc34)c(F)c2n1. The summed E-state index contributed by atoms with van der Waals surface area (Å²) in [4.78, 5) is 52.4. The van der Waals surface area contributed by atoms with Gasteiger partial charge >= 0.3 is 6.01 Å². The average Bonchev–Trinajstić information content (AvgIpc) is 3.72. The lowest BCUT2D eigenvalue weighted by Crippen LogP contribution is -2.56. The van der Waals surface area contributed by atoms with Gasteiger partial charge in [0, 0.05) is 43.0 Å². The van der Waals surface area contributed by atoms with Crippen LogP contribution >= 0.6 is 11.8 Å². The number of phenols is 1. The second kappa shape index (κ2) is 12.4. The van der Waals surface area contributed by atoms with Crippen molar-refractivity contribution < 1.29 is 33.0 Å². The molecule has 4 aromatic rings. The lowest BCUT2D eigenvalue weighted by Gasteiger charge is -2.42. The van der Waals surface area contributed by atoms with Crippen molar-refractivity contribution in [2.75, 3.05) is 38.2 Å². The Morgan fingerprint density at radius 1 is 1.06 bits per heavy atom. The van der Waals surface area contributed by atoms with E-state index in [0.29, 0.717) is 49.1 Å². The number of halogens is 2. The third-order valence-electron chi connectivity index (χ3n) is 10.2. The van der Waals surface area contributed by atoms with Crippen molar-refractivity contribution in [3.8, 4) is 22.9 Å². The Kier molecular flexibility index (Phi) is 8.02. The molecule has 8 rings (SSSR count). The zero-order valence-electron chi connectivity index (χ0n) is 26.7. The van der Waals surface area contributed by atoms with Gasteiger partial charge in [0.1, 0.15) is 34.8 Å². The van der Waals surface area contributed by atoms with Crippen LogP contribution in [-0.4, -0.2) is 98.6 Å². The molecular formula is C35H34F2N6O5S. The van der Waals surface area contributed by atoms with Crippen molar-refractivity contribution in [3.05, 3.63) is 54.1 Å². The molecule has 4 fully saturated rings. The minimum atomic E-state index is -0.893. The Morgan fingerprint density at radius 2 is 1.84 bits per heavy atom. The molecule has 14 heteroatoms. The summed E-state index contributed by atoms with van der Waals surface area (Å²) in [6.07, 6.45) is 3.33. The Bertz CT molecular complexity index is 2020. The van der Waals surface area contributed by atoms with E-state index in [1.807, 2.05) is 11.9 Å². The molecule has 2 N–H and O–H groups in total. The highest BCUT2D eigenvalue weighted by molar-refractivity contribution is 8.15. The number of anilines is 1. The van der Waals surface area contributed by atoms with Crippen LogP contribution in [0.3, 0.4) is 0 Å². The molecule has 1 aromatic heterocycles. The van der Waals surface area contributed by atoms with Crippen molar-refractivity contribution in [3.63, 3.8) is 0 Å². The summed E-state index contributed by atoms with van der Waals surface area (Å²) >= 11 is 0.830. The lowest BCUT2D eigenvalue weighted by atomic mass is 9.95. The van der Waals surface area contributed by atoms with Gasteiger partial charge < -0.3 is 24.5 Å². The molecule has 4 aliphatic heterocycles. The molecule has 3 aromatic carbocycles. The van der Waals surface area contributed by atoms with Crippen molar-refractivity contribution in [1.29, 1.82) is 0 Å². The quantitative estimate of drug-likeness (QED) is 0.279. The predicted molar refractivity (Wildman–Crippen MR) is 181 cm³/mol. The summed E-state index contributed by atoms with van der Waals surface area (Å²) in [5, 5.41) is 12.9. The minimum absolute atomic E-state index is 0.0279. The number of fused-ring (bicyclic) bond motifs is 4. The fraction of sp³-hybridized carbons (Fsp3) is 0.400. The summed E-state index contributed by atoms with van der Waals surface area (Å²) in [7, 11) is 2.02. The number of nitrogens with zero attached hydrogens (tertiary/aromatic N) is 5. The maximum Gasteiger partial charge on any atom is 0.319 e. The van der Waals surface area contributed by atoms with E-state index in [-0.39, 0.29) is 64.2 Å². The number of imide groups is 1. The number of benzene rings is 3. The number of carbonyl (C=O) groups is 3. The van der Waals surface area contributed by atoms with Crippen LogP contribution in [0.5, 0.6) is 11.8 Å². The molecule has 0 spiro atoms. The third-order valence-corrected chi connectivity index (χ3v) is 11.2. The first-order valence-corrected chi connectivity index (χ1v) is 17.3. The Balaban J connectivity index is 1.17. The van der Waals surface area contributed by atoms with Gasteiger partial charge in [0.05, 0.1) is 5.56 Å². The summed E-state index contributed by atoms with van der Waals surface area (Å²) in [5.41, 5.74) is -0.222. The number of hydrogen-bond acceptors (Lipinski definition) is 10. The zero-order chi connectivity index (χ0) is 34.0. The van der Waals surface area contributed by atoms with E-state index in [9.17, 15) is 19.5 Å². The van der Waals surface area contributed by atoms with Crippen LogP contribution in [0.4, 0.5) is 19.4 Å². The molecule has 0 aliphatic carbocycles. The topological polar surface area (TPSA) is 128 Å². The maximum absolute atomic E-state index is 16.8. The van der Waals surface area contributed by atoms with E-state index >= 15 is 8.78 Å². The number of nitrogens with one attached hydrogen (secondary N) is 1. The number of likely N-dealkylation sites (tertiary alicyclic amines) is 1. The van der Waals surface area contributed by atoms with E-state index in [4.69, 9.17) is 9.72 Å². The molecule has 49 heavy (non-hydrogen) atoms. The van der Waals surface area contributed by atoms with E-state index in [2.05, 4.69) is 15.2 Å². The first-order chi connectivity index (χ1) is 23.6. The summed E-state index contributed by atoms with van der Waals surface area (Å²) in [5.74, 6) is -2.19. The standard InChI is InChI=1S/C35H34F2N6O5S/c1-41-10-4-6-21(41)17-48-34-38-31-25(13-26(36)29(30(31)37)24-12-22(44)11-18-5-2-3-7-23(18)24)32(39-34)42-15-19-8-9-20(16-42)43(19)28(45)14-27-33(46)40-35(47)49-27/h2-3,5,7,11-13,19-21,27,44H,4,6,8-10,14-17H2,1H3,(H,40,46,47)/t19-,20+,21-,27?/m0/s1. The van der Waals surface area contributed by atoms with Gasteiger partial charge in [-0.25, -0.2) is 8.78 Å². The second-order valence-corrected chi connectivity index (χ2v) is 14.4. The molecular weight excluding hydrogens is 654 g/mol. The summed E-state index contributed by atoms with van der Waals surface area (Å²) in [6.45, 7) is 1.95. The Morgan fingerprint density at radius 3 is 2.55 bits per heavy atom. The third kappa shape index (κ3) is 5.70. The predicted octanol–water partition coefficient (Wildman–Crippen LogP) is 4.83. The number of ether oxygens (including phenoxy) is 1. The molecule has 254 valence electrons. The normalized spacial score (nSPS) is 24.0. The van der Waals surface area contributed by atoms with Gasteiger partial charge in [0.25, 0.3) is 5.24 Å². The van der Waals surface area contributed by atoms with Gasteiger partial charge in [-0.3, -0.25) is 19.7 Å². The molecule has 3 amide bonds. The van der Waals surface area contributed by atoms with Crippen LogP contribution in [0.1, 0.15) is 32.1 Å². The van der Waals surface area contributed by atoms with Crippen molar-refractivity contribution in [2.45, 2.75) is 55.5 Å². The first-order valence-electron chi connectivity index (χ1n) is 16.5. The molecule has 11 nitrogen and oxygen atoms in total. The number of thioether (sulfide) groups is 1. The van der Waals surface area contributed by atoms with Crippen LogP contribution < -0.4 is 15.0 Å². The minimum Gasteiger partial charge on any atom is -0.508 e. The number of phenolic OH excluding ortho intramolecular Hbond substituents is 1. The molecule has 5 heterocycles. The van der Waals surface area contributed by atoms with Crippen molar-refractivity contribution >= 4 is 56.3 Å². The molecule has 4 saturated heterocycles. The molecule has 4 aliphatic rings. The monoisotopic (exact) mass is 688 g/mol. The van der Waals surface area contributed by atoms with Crippen LogP contribution in [-0.2, 0) is 9.59 Å². The number of aromatic nitrogens is 2. The number of piperazine rings is 1. The van der Waals surface area contributed by atoms with Crippen molar-refractivity contribution in [1.82, 2.24) is 25.1 Å². The summed E-state index contributed by atoms with van der Waals surface area (Å²) in [6, 6.07) is 10.9. The van der Waals surface area contributed by atoms with Gasteiger partial charge in [0.2, 0.25) is 11.8 Å². The van der Waals surface area contributed by atoms with Crippen LogP contribution in [0.25, 0.3) is 32.8 Å². The second-order valence-electron chi connectivity index (χ2n) is 13.3. The van der Waals surface area contributed by atoms with E-state index < -0.39 is 28.0 Å². The zero-order valence-corrected chi connectivity index (χ0v) is 27.5. The first kappa shape index (κ1) is 31.7. The molecule has 0 saturated carbocycles. The molecule has 4 atom stereocenters. The van der Waals surface area contributed by atoms with E-state index in [0.717, 1.165) is 31.1 Å². The smallest absolute Gasteiger partial charge is 0.319 e. The molecule has 1 unspecified atom stereocenters. The molecule has 0 radical (unpaired) electrons. The number of amides is 3. The van der Waals surface area contributed by atoms with Gasteiger partial charge in [-0.2, -0.15) is 9.97 Å². The largest absolute Gasteiger partial charge is 0.508 e. The highest BCUT2D eigenvalue weighted by Gasteiger charge is 2.45. The van der Waals surface area contributed by atoms with Gasteiger partial charge in [-0.1, -0.05) is 36.0 Å². The number of carbonyl (C=O) groups excluding carboxylic acids is 3. The van der Waals surface area contributed by atoms with E-state index in [1.54, 1.807) is 35.2 Å². The van der Waals surface area contributed by atoms with Crippen LogP contribution in [0.15, 0.2) is 42.5 Å². The fourth-order valence-electron chi connectivity index (χ4n) is 7.85. The van der Waals surface area contributed by atoms with Crippen LogP contribution in [0, 0.1) is 11.6 Å². The van der Waals surface area contributed by atoms with Gasteiger partial charge in [-0.15, -0.1) is 0 Å². The average molecular weight is 689 g/mol. The summed E-state index contributed by atoms with van der Waals surface area (Å²) < 4.78 is 39.1. The fourth-order valence-corrected chi connectivity index (χ4v) is 8.66.